The molecule has 20 heavy (non-hydrogen) atoms. The van der Waals surface area contributed by atoms with Gasteiger partial charge in [0.25, 0.3) is 5.91 Å². The maximum Gasteiger partial charge on any atom is 0.254 e. The molecule has 0 bridgehead atoms. The standard InChI is InChI=1S/C16H24N2O2/c1-16(2,3)13-6-4-12(5-7-13)15(19)18-8-9-20-14(10-17)11-18/h4-7,14H,8-11,17H2,1-3H3/t14-/m1/s1. The largest absolute Gasteiger partial charge is 0.373 e. The van der Waals surface area contributed by atoms with E-state index in [1.807, 2.05) is 29.2 Å². The Hall–Kier alpha value is -1.39. The van der Waals surface area contributed by atoms with Crippen LogP contribution in [0.2, 0.25) is 0 Å². The van der Waals surface area contributed by atoms with E-state index in [2.05, 4.69) is 20.8 Å². The fraction of sp³-hybridized carbons (Fsp3) is 0.562. The number of hydrogen-bond acceptors (Lipinski definition) is 3. The summed E-state index contributed by atoms with van der Waals surface area (Å²) in [5.41, 5.74) is 7.68. The van der Waals surface area contributed by atoms with Gasteiger partial charge in [0.1, 0.15) is 0 Å². The molecule has 0 spiro atoms. The second kappa shape index (κ2) is 5.94. The molecule has 0 unspecified atom stereocenters. The van der Waals surface area contributed by atoms with Crippen LogP contribution < -0.4 is 5.73 Å². The molecular weight excluding hydrogens is 252 g/mol. The molecule has 2 rings (SSSR count). The van der Waals surface area contributed by atoms with E-state index in [0.29, 0.717) is 26.2 Å². The Balaban J connectivity index is 2.09. The van der Waals surface area contributed by atoms with Crippen molar-refractivity contribution in [1.29, 1.82) is 0 Å². The molecule has 1 atom stereocenters. The minimum Gasteiger partial charge on any atom is -0.373 e. The van der Waals surface area contributed by atoms with Crippen molar-refractivity contribution in [2.45, 2.75) is 32.3 Å². The molecule has 0 aliphatic carbocycles. The van der Waals surface area contributed by atoms with Crippen molar-refractivity contribution in [3.8, 4) is 0 Å². The summed E-state index contributed by atoms with van der Waals surface area (Å²) in [5.74, 6) is 0.0622. The predicted molar refractivity (Wildman–Crippen MR) is 79.8 cm³/mol. The molecule has 1 saturated heterocycles. The lowest BCUT2D eigenvalue weighted by molar-refractivity contribution is -0.0167. The van der Waals surface area contributed by atoms with Crippen LogP contribution in [0.25, 0.3) is 0 Å². The molecule has 0 aromatic heterocycles. The summed E-state index contributed by atoms with van der Waals surface area (Å²) in [7, 11) is 0. The number of carbonyl (C=O) groups is 1. The number of morpholine rings is 1. The van der Waals surface area contributed by atoms with Gasteiger partial charge >= 0.3 is 0 Å². The third-order valence-corrected chi connectivity index (χ3v) is 3.69. The van der Waals surface area contributed by atoms with E-state index in [1.165, 1.54) is 5.56 Å². The maximum absolute atomic E-state index is 12.5. The molecule has 0 saturated carbocycles. The molecule has 1 aliphatic heterocycles. The van der Waals surface area contributed by atoms with Gasteiger partial charge in [-0.25, -0.2) is 0 Å². The van der Waals surface area contributed by atoms with Crippen LogP contribution in [0.1, 0.15) is 36.7 Å². The van der Waals surface area contributed by atoms with E-state index in [9.17, 15) is 4.79 Å². The highest BCUT2D eigenvalue weighted by atomic mass is 16.5. The van der Waals surface area contributed by atoms with E-state index < -0.39 is 0 Å². The van der Waals surface area contributed by atoms with Crippen molar-refractivity contribution in [3.63, 3.8) is 0 Å². The van der Waals surface area contributed by atoms with Gasteiger partial charge in [-0.2, -0.15) is 0 Å². The summed E-state index contributed by atoms with van der Waals surface area (Å²) in [6.07, 6.45) is -0.0402. The molecule has 1 amide bonds. The summed E-state index contributed by atoms with van der Waals surface area (Å²) in [6.45, 7) is 8.72. The molecule has 2 N–H and O–H groups in total. The molecule has 4 heteroatoms. The quantitative estimate of drug-likeness (QED) is 0.896. The van der Waals surface area contributed by atoms with Crippen LogP contribution in [-0.4, -0.2) is 43.2 Å². The van der Waals surface area contributed by atoms with Gasteiger partial charge in [-0.05, 0) is 23.1 Å². The van der Waals surface area contributed by atoms with Crippen LogP contribution in [0.4, 0.5) is 0 Å². The summed E-state index contributed by atoms with van der Waals surface area (Å²) in [5, 5.41) is 0. The van der Waals surface area contributed by atoms with Crippen LogP contribution in [0, 0.1) is 0 Å². The Kier molecular flexibility index (Phi) is 4.45. The van der Waals surface area contributed by atoms with Crippen LogP contribution in [0.3, 0.4) is 0 Å². The second-order valence-electron chi connectivity index (χ2n) is 6.31. The average Bonchev–Trinajstić information content (AvgIpc) is 2.46. The number of nitrogens with zero attached hydrogens (tertiary/aromatic N) is 1. The zero-order valence-corrected chi connectivity index (χ0v) is 12.6. The molecule has 4 nitrogen and oxygen atoms in total. The Morgan fingerprint density at radius 1 is 1.35 bits per heavy atom. The van der Waals surface area contributed by atoms with Gasteiger partial charge in [-0.1, -0.05) is 32.9 Å². The molecule has 110 valence electrons. The fourth-order valence-corrected chi connectivity index (χ4v) is 2.34. The van der Waals surface area contributed by atoms with E-state index in [1.54, 1.807) is 0 Å². The zero-order chi connectivity index (χ0) is 14.8. The van der Waals surface area contributed by atoms with E-state index in [4.69, 9.17) is 10.5 Å². The van der Waals surface area contributed by atoms with Crippen LogP contribution in [-0.2, 0) is 10.2 Å². The van der Waals surface area contributed by atoms with Gasteiger partial charge in [0.15, 0.2) is 0 Å². The van der Waals surface area contributed by atoms with Gasteiger partial charge in [0.2, 0.25) is 0 Å². The Morgan fingerprint density at radius 2 is 2.00 bits per heavy atom. The summed E-state index contributed by atoms with van der Waals surface area (Å²) < 4.78 is 5.49. The van der Waals surface area contributed by atoms with Gasteiger partial charge in [-0.3, -0.25) is 4.79 Å². The molecular formula is C16H24N2O2. The lowest BCUT2D eigenvalue weighted by Gasteiger charge is -2.32. The van der Waals surface area contributed by atoms with Crippen molar-refractivity contribution in [3.05, 3.63) is 35.4 Å². The van der Waals surface area contributed by atoms with Crippen molar-refractivity contribution >= 4 is 5.91 Å². The fourth-order valence-electron chi connectivity index (χ4n) is 2.34. The third kappa shape index (κ3) is 3.38. The first kappa shape index (κ1) is 15.0. The molecule has 1 aromatic carbocycles. The smallest absolute Gasteiger partial charge is 0.254 e. The zero-order valence-electron chi connectivity index (χ0n) is 12.6. The molecule has 0 radical (unpaired) electrons. The van der Waals surface area contributed by atoms with Crippen molar-refractivity contribution in [1.82, 2.24) is 4.90 Å². The van der Waals surface area contributed by atoms with Gasteiger partial charge in [0, 0.05) is 25.2 Å². The lowest BCUT2D eigenvalue weighted by Crippen LogP contribution is -2.48. The average molecular weight is 276 g/mol. The van der Waals surface area contributed by atoms with E-state index in [0.717, 1.165) is 5.56 Å². The maximum atomic E-state index is 12.5. The van der Waals surface area contributed by atoms with Gasteiger partial charge in [-0.15, -0.1) is 0 Å². The molecule has 1 heterocycles. The van der Waals surface area contributed by atoms with Crippen molar-refractivity contribution in [2.75, 3.05) is 26.2 Å². The van der Waals surface area contributed by atoms with E-state index in [-0.39, 0.29) is 17.4 Å². The van der Waals surface area contributed by atoms with Crippen molar-refractivity contribution in [2.24, 2.45) is 5.73 Å². The first-order valence-electron chi connectivity index (χ1n) is 7.13. The monoisotopic (exact) mass is 276 g/mol. The van der Waals surface area contributed by atoms with E-state index >= 15 is 0 Å². The topological polar surface area (TPSA) is 55.6 Å². The first-order valence-corrected chi connectivity index (χ1v) is 7.13. The molecule has 1 aliphatic rings. The SMILES string of the molecule is CC(C)(C)c1ccc(C(=O)N2CCO[C@H](CN)C2)cc1. The van der Waals surface area contributed by atoms with Crippen LogP contribution >= 0.6 is 0 Å². The third-order valence-electron chi connectivity index (χ3n) is 3.69. The highest BCUT2D eigenvalue weighted by molar-refractivity contribution is 5.94. The normalized spacial score (nSPS) is 20.0. The van der Waals surface area contributed by atoms with Gasteiger partial charge < -0.3 is 15.4 Å². The summed E-state index contributed by atoms with van der Waals surface area (Å²) >= 11 is 0. The highest BCUT2D eigenvalue weighted by Gasteiger charge is 2.24. The Morgan fingerprint density at radius 3 is 2.55 bits per heavy atom. The Bertz CT molecular complexity index is 462. The van der Waals surface area contributed by atoms with Gasteiger partial charge in [0.05, 0.1) is 12.7 Å². The summed E-state index contributed by atoms with van der Waals surface area (Å²) in [6, 6.07) is 7.90. The Labute approximate surface area is 120 Å². The number of amides is 1. The number of rotatable bonds is 2. The summed E-state index contributed by atoms with van der Waals surface area (Å²) in [4.78, 5) is 14.3. The number of benzene rings is 1. The minimum absolute atomic E-state index is 0.0402. The minimum atomic E-state index is -0.0402. The lowest BCUT2D eigenvalue weighted by atomic mass is 9.86. The first-order chi connectivity index (χ1) is 9.41. The number of hydrogen-bond donors (Lipinski definition) is 1. The van der Waals surface area contributed by atoms with Crippen molar-refractivity contribution < 1.29 is 9.53 Å². The molecule has 1 aromatic rings. The highest BCUT2D eigenvalue weighted by Crippen LogP contribution is 2.22. The number of ether oxygens (including phenoxy) is 1. The molecule has 1 fully saturated rings. The van der Waals surface area contributed by atoms with Crippen LogP contribution in [0.5, 0.6) is 0 Å². The predicted octanol–water partition coefficient (Wildman–Crippen LogP) is 1.78. The van der Waals surface area contributed by atoms with Crippen LogP contribution in [0.15, 0.2) is 24.3 Å². The number of carbonyl (C=O) groups excluding carboxylic acids is 1. The number of nitrogens with two attached hydrogens (primary N) is 1. The second-order valence-corrected chi connectivity index (χ2v) is 6.31.